The predicted molar refractivity (Wildman–Crippen MR) is 125 cm³/mol. The van der Waals surface area contributed by atoms with Gasteiger partial charge in [0.1, 0.15) is 0 Å². The Bertz CT molecular complexity index is 959. The van der Waals surface area contributed by atoms with E-state index in [1.165, 1.54) is 41.3 Å². The molecule has 0 N–H and O–H groups in total. The third kappa shape index (κ3) is 5.17. The highest BCUT2D eigenvalue weighted by molar-refractivity contribution is 5.86. The molecule has 1 aliphatic carbocycles. The molecule has 164 valence electrons. The number of benzene rings is 2. The van der Waals surface area contributed by atoms with Crippen molar-refractivity contribution in [1.29, 1.82) is 0 Å². The average molecular weight is 419 g/mol. The first-order chi connectivity index (χ1) is 15.1. The Labute approximate surface area is 185 Å². The van der Waals surface area contributed by atoms with Crippen molar-refractivity contribution in [2.24, 2.45) is 5.92 Å². The molecule has 2 aliphatic rings. The van der Waals surface area contributed by atoms with Gasteiger partial charge in [-0.25, -0.2) is 0 Å². The molecule has 2 aromatic carbocycles. The van der Waals surface area contributed by atoms with E-state index < -0.39 is 0 Å². The second-order valence-electron chi connectivity index (χ2n) is 9.04. The Morgan fingerprint density at radius 2 is 1.77 bits per heavy atom. The van der Waals surface area contributed by atoms with Crippen LogP contribution >= 0.6 is 0 Å². The molecule has 0 radical (unpaired) electrons. The first-order valence-corrected chi connectivity index (χ1v) is 11.8. The molecule has 1 aliphatic heterocycles. The minimum Gasteiger partial charge on any atom is -0.341 e. The van der Waals surface area contributed by atoms with Crippen molar-refractivity contribution in [3.05, 3.63) is 59.8 Å². The maximum Gasteiger partial charge on any atom is 0.226 e. The molecule has 4 heteroatoms. The topological polar surface area (TPSA) is 40.6 Å². The fourth-order valence-corrected chi connectivity index (χ4v) is 5.10. The molecule has 31 heavy (non-hydrogen) atoms. The summed E-state index contributed by atoms with van der Waals surface area (Å²) >= 11 is 0. The van der Waals surface area contributed by atoms with Crippen LogP contribution in [0.25, 0.3) is 10.8 Å². The second-order valence-corrected chi connectivity index (χ2v) is 9.04. The lowest BCUT2D eigenvalue weighted by atomic mass is 9.85. The van der Waals surface area contributed by atoms with Gasteiger partial charge in [0.25, 0.3) is 0 Å². The number of hydrogen-bond acceptors (Lipinski definition) is 2. The van der Waals surface area contributed by atoms with Crippen LogP contribution < -0.4 is 0 Å². The largest absolute Gasteiger partial charge is 0.341 e. The molecular formula is C27H34N2O2. The summed E-state index contributed by atoms with van der Waals surface area (Å²) in [6.45, 7) is 1.48. The van der Waals surface area contributed by atoms with Crippen molar-refractivity contribution in [2.45, 2.75) is 64.3 Å². The lowest BCUT2D eigenvalue weighted by Gasteiger charge is -2.38. The zero-order valence-electron chi connectivity index (χ0n) is 18.7. The lowest BCUT2D eigenvalue weighted by molar-refractivity contribution is -0.132. The summed E-state index contributed by atoms with van der Waals surface area (Å²) in [6, 6.07) is 14.5. The number of fused-ring (bicyclic) bond motifs is 2. The van der Waals surface area contributed by atoms with E-state index in [1.807, 2.05) is 29.0 Å². The Hall–Kier alpha value is -2.62. The van der Waals surface area contributed by atoms with Gasteiger partial charge in [-0.15, -0.1) is 0 Å². The van der Waals surface area contributed by atoms with Crippen LogP contribution in [-0.2, 0) is 16.1 Å². The second kappa shape index (κ2) is 10.1. The highest BCUT2D eigenvalue weighted by Gasteiger charge is 2.29. The molecule has 4 rings (SSSR count). The SMILES string of the molecule is CN(Cc1cccc2ccccc12)C(=O)CCCCC(=O)N1CCCC2CCCC=C21. The number of rotatable bonds is 7. The number of nitrogens with zero attached hydrogens (tertiary/aromatic N) is 2. The fourth-order valence-electron chi connectivity index (χ4n) is 5.10. The van der Waals surface area contributed by atoms with E-state index in [9.17, 15) is 9.59 Å². The van der Waals surface area contributed by atoms with Crippen LogP contribution in [-0.4, -0.2) is 35.2 Å². The van der Waals surface area contributed by atoms with Crippen LogP contribution in [0.4, 0.5) is 0 Å². The van der Waals surface area contributed by atoms with E-state index in [4.69, 9.17) is 0 Å². The standard InChI is InChI=1S/C27H34N2O2/c1-28(20-23-13-8-12-21-10-2-4-15-24(21)23)26(30)17-6-7-18-27(31)29-19-9-14-22-11-3-5-16-25(22)29/h2,4,8,10,12-13,15-16,22H,3,5-7,9,11,14,17-20H2,1H3. The van der Waals surface area contributed by atoms with Crippen molar-refractivity contribution in [1.82, 2.24) is 9.80 Å². The van der Waals surface area contributed by atoms with Crippen molar-refractivity contribution in [3.8, 4) is 0 Å². The molecule has 1 atom stereocenters. The Balaban J connectivity index is 1.23. The summed E-state index contributed by atoms with van der Waals surface area (Å²) in [4.78, 5) is 29.3. The molecule has 0 spiro atoms. The normalized spacial score (nSPS) is 18.4. The van der Waals surface area contributed by atoms with Crippen LogP contribution in [0.3, 0.4) is 0 Å². The summed E-state index contributed by atoms with van der Waals surface area (Å²) in [5.74, 6) is 0.985. The van der Waals surface area contributed by atoms with E-state index in [0.717, 1.165) is 32.2 Å². The van der Waals surface area contributed by atoms with Gasteiger partial charge in [-0.05, 0) is 67.2 Å². The van der Waals surface area contributed by atoms with Gasteiger partial charge in [-0.3, -0.25) is 9.59 Å². The Morgan fingerprint density at radius 1 is 1.00 bits per heavy atom. The summed E-state index contributed by atoms with van der Waals surface area (Å²) in [5.41, 5.74) is 2.46. The van der Waals surface area contributed by atoms with Crippen LogP contribution in [0.5, 0.6) is 0 Å². The average Bonchev–Trinajstić information content (AvgIpc) is 2.81. The number of hydrogen-bond donors (Lipinski definition) is 0. The number of piperidine rings is 1. The summed E-state index contributed by atoms with van der Waals surface area (Å²) in [5, 5.41) is 2.40. The van der Waals surface area contributed by atoms with Gasteiger partial charge in [0.05, 0.1) is 0 Å². The molecule has 0 saturated carbocycles. The predicted octanol–water partition coefficient (Wildman–Crippen LogP) is 5.67. The number of unbranched alkanes of at least 4 members (excludes halogenated alkanes) is 1. The van der Waals surface area contributed by atoms with E-state index in [-0.39, 0.29) is 11.8 Å². The minimum atomic E-state index is 0.147. The quantitative estimate of drug-likeness (QED) is 0.544. The third-order valence-electron chi connectivity index (χ3n) is 6.82. The van der Waals surface area contributed by atoms with Crippen molar-refractivity contribution in [3.63, 3.8) is 0 Å². The number of carbonyl (C=O) groups is 2. The highest BCUT2D eigenvalue weighted by atomic mass is 16.2. The molecule has 1 heterocycles. The van der Waals surface area contributed by atoms with Crippen molar-refractivity contribution in [2.75, 3.05) is 13.6 Å². The molecule has 0 bridgehead atoms. The monoisotopic (exact) mass is 418 g/mol. The van der Waals surface area contributed by atoms with Crippen LogP contribution in [0.2, 0.25) is 0 Å². The maximum absolute atomic E-state index is 12.8. The Morgan fingerprint density at radius 3 is 2.68 bits per heavy atom. The third-order valence-corrected chi connectivity index (χ3v) is 6.82. The van der Waals surface area contributed by atoms with Gasteiger partial charge >= 0.3 is 0 Å². The van der Waals surface area contributed by atoms with E-state index >= 15 is 0 Å². The smallest absolute Gasteiger partial charge is 0.226 e. The van der Waals surface area contributed by atoms with Gasteiger partial charge in [-0.1, -0.05) is 48.5 Å². The molecule has 0 aromatic heterocycles. The van der Waals surface area contributed by atoms with Gasteiger partial charge in [0, 0.05) is 38.7 Å². The van der Waals surface area contributed by atoms with Gasteiger partial charge in [-0.2, -0.15) is 0 Å². The number of allylic oxidation sites excluding steroid dienone is 2. The van der Waals surface area contributed by atoms with Crippen LogP contribution in [0, 0.1) is 5.92 Å². The highest BCUT2D eigenvalue weighted by Crippen LogP contribution is 2.35. The van der Waals surface area contributed by atoms with Crippen LogP contribution in [0.15, 0.2) is 54.2 Å². The molecular weight excluding hydrogens is 384 g/mol. The first-order valence-electron chi connectivity index (χ1n) is 11.8. The minimum absolute atomic E-state index is 0.147. The summed E-state index contributed by atoms with van der Waals surface area (Å²) < 4.78 is 0. The van der Waals surface area contributed by atoms with Gasteiger partial charge in [0.15, 0.2) is 0 Å². The van der Waals surface area contributed by atoms with E-state index in [1.54, 1.807) is 0 Å². The molecule has 1 saturated heterocycles. The van der Waals surface area contributed by atoms with E-state index in [0.29, 0.717) is 25.3 Å². The summed E-state index contributed by atoms with van der Waals surface area (Å²) in [7, 11) is 1.87. The number of carbonyl (C=O) groups excluding carboxylic acids is 2. The zero-order valence-corrected chi connectivity index (χ0v) is 18.7. The lowest BCUT2D eigenvalue weighted by Crippen LogP contribution is -2.38. The van der Waals surface area contributed by atoms with Gasteiger partial charge < -0.3 is 9.80 Å². The molecule has 1 fully saturated rings. The Kier molecular flexibility index (Phi) is 7.06. The van der Waals surface area contributed by atoms with Crippen LogP contribution in [0.1, 0.15) is 63.4 Å². The van der Waals surface area contributed by atoms with Crippen molar-refractivity contribution >= 4 is 22.6 Å². The summed E-state index contributed by atoms with van der Waals surface area (Å²) in [6.07, 6.45) is 10.8. The number of amides is 2. The van der Waals surface area contributed by atoms with E-state index in [2.05, 4.69) is 36.4 Å². The maximum atomic E-state index is 12.8. The molecule has 2 amide bonds. The fraction of sp³-hybridized carbons (Fsp3) is 0.481. The molecule has 4 nitrogen and oxygen atoms in total. The molecule has 2 aromatic rings. The van der Waals surface area contributed by atoms with Crippen molar-refractivity contribution < 1.29 is 9.59 Å². The zero-order chi connectivity index (χ0) is 21.6. The molecule has 1 unspecified atom stereocenters. The van der Waals surface area contributed by atoms with Gasteiger partial charge in [0.2, 0.25) is 11.8 Å². The first kappa shape index (κ1) is 21.6. The number of likely N-dealkylation sites (tertiary alicyclic amines) is 1.